The standard InChI is InChI=1S/C10H12N2/c1-8-2-4-11-6-9-3-5-12-7-10(8)9/h2-3,5,7,11H,4,6H2,1H3. The van der Waals surface area contributed by atoms with Crippen LogP contribution in [0.3, 0.4) is 0 Å². The van der Waals surface area contributed by atoms with E-state index in [9.17, 15) is 0 Å². The number of nitrogens with one attached hydrogen (secondary N) is 1. The van der Waals surface area contributed by atoms with Crippen LogP contribution in [0.4, 0.5) is 0 Å². The summed E-state index contributed by atoms with van der Waals surface area (Å²) in [6.07, 6.45) is 5.99. The lowest BCUT2D eigenvalue weighted by Crippen LogP contribution is -2.11. The third-order valence-corrected chi connectivity index (χ3v) is 2.20. The fourth-order valence-electron chi connectivity index (χ4n) is 1.47. The second-order valence-corrected chi connectivity index (χ2v) is 3.05. The van der Waals surface area contributed by atoms with Crippen LogP contribution in [0, 0.1) is 0 Å². The van der Waals surface area contributed by atoms with Crippen molar-refractivity contribution < 1.29 is 0 Å². The highest BCUT2D eigenvalue weighted by Gasteiger charge is 2.05. The van der Waals surface area contributed by atoms with Gasteiger partial charge >= 0.3 is 0 Å². The van der Waals surface area contributed by atoms with Crippen LogP contribution in [0.2, 0.25) is 0 Å². The molecule has 0 saturated carbocycles. The van der Waals surface area contributed by atoms with Crippen LogP contribution >= 0.6 is 0 Å². The molecular formula is C10H12N2. The zero-order valence-electron chi connectivity index (χ0n) is 7.17. The van der Waals surface area contributed by atoms with Gasteiger partial charge in [0, 0.05) is 25.5 Å². The van der Waals surface area contributed by atoms with E-state index in [0.717, 1.165) is 13.1 Å². The molecule has 1 N–H and O–H groups in total. The average molecular weight is 160 g/mol. The van der Waals surface area contributed by atoms with Crippen molar-refractivity contribution in [3.8, 4) is 0 Å². The van der Waals surface area contributed by atoms with Gasteiger partial charge in [-0.2, -0.15) is 0 Å². The van der Waals surface area contributed by atoms with Crippen molar-refractivity contribution in [3.63, 3.8) is 0 Å². The molecule has 2 rings (SSSR count). The molecule has 0 aliphatic carbocycles. The van der Waals surface area contributed by atoms with E-state index in [0.29, 0.717) is 0 Å². The molecule has 0 spiro atoms. The fraction of sp³-hybridized carbons (Fsp3) is 0.300. The Morgan fingerprint density at radius 1 is 1.50 bits per heavy atom. The van der Waals surface area contributed by atoms with Crippen molar-refractivity contribution in [1.82, 2.24) is 10.3 Å². The molecule has 62 valence electrons. The monoisotopic (exact) mass is 160 g/mol. The minimum Gasteiger partial charge on any atom is -0.309 e. The Bertz CT molecular complexity index is 315. The highest BCUT2D eigenvalue weighted by atomic mass is 14.8. The van der Waals surface area contributed by atoms with Crippen LogP contribution < -0.4 is 5.32 Å². The third-order valence-electron chi connectivity index (χ3n) is 2.20. The molecule has 1 aliphatic rings. The smallest absolute Gasteiger partial charge is 0.0346 e. The molecule has 0 aromatic carbocycles. The van der Waals surface area contributed by atoms with Gasteiger partial charge in [-0.05, 0) is 29.7 Å². The summed E-state index contributed by atoms with van der Waals surface area (Å²) >= 11 is 0. The maximum Gasteiger partial charge on any atom is 0.0346 e. The predicted molar refractivity (Wildman–Crippen MR) is 49.6 cm³/mol. The van der Waals surface area contributed by atoms with Crippen molar-refractivity contribution in [2.45, 2.75) is 13.5 Å². The summed E-state index contributed by atoms with van der Waals surface area (Å²) in [5, 5.41) is 3.33. The number of hydrogen-bond donors (Lipinski definition) is 1. The molecular weight excluding hydrogens is 148 g/mol. The maximum atomic E-state index is 4.12. The maximum absolute atomic E-state index is 4.12. The van der Waals surface area contributed by atoms with Crippen molar-refractivity contribution in [1.29, 1.82) is 0 Å². The van der Waals surface area contributed by atoms with Crippen molar-refractivity contribution in [2.75, 3.05) is 6.54 Å². The molecule has 0 bridgehead atoms. The van der Waals surface area contributed by atoms with Gasteiger partial charge in [-0.15, -0.1) is 0 Å². The van der Waals surface area contributed by atoms with E-state index in [1.165, 1.54) is 16.7 Å². The molecule has 1 aromatic heterocycles. The first-order valence-electron chi connectivity index (χ1n) is 4.18. The lowest BCUT2D eigenvalue weighted by Gasteiger charge is -2.04. The summed E-state index contributed by atoms with van der Waals surface area (Å²) in [6.45, 7) is 4.04. The van der Waals surface area contributed by atoms with E-state index in [1.807, 2.05) is 12.4 Å². The molecule has 0 unspecified atom stereocenters. The lowest BCUT2D eigenvalue weighted by atomic mass is 10.0. The molecule has 0 radical (unpaired) electrons. The molecule has 2 heterocycles. The summed E-state index contributed by atoms with van der Waals surface area (Å²) in [5.41, 5.74) is 3.95. The minimum atomic E-state index is 0.950. The summed E-state index contributed by atoms with van der Waals surface area (Å²) in [4.78, 5) is 4.12. The topological polar surface area (TPSA) is 24.9 Å². The van der Waals surface area contributed by atoms with E-state index in [1.54, 1.807) is 0 Å². The van der Waals surface area contributed by atoms with Gasteiger partial charge in [0.05, 0.1) is 0 Å². The number of nitrogens with zero attached hydrogens (tertiary/aromatic N) is 1. The van der Waals surface area contributed by atoms with Gasteiger partial charge in [0.2, 0.25) is 0 Å². The Hall–Kier alpha value is -1.15. The van der Waals surface area contributed by atoms with E-state index in [2.05, 4.69) is 29.4 Å². The van der Waals surface area contributed by atoms with Crippen LogP contribution in [0.1, 0.15) is 18.1 Å². The first-order valence-corrected chi connectivity index (χ1v) is 4.18. The Morgan fingerprint density at radius 2 is 2.42 bits per heavy atom. The second-order valence-electron chi connectivity index (χ2n) is 3.05. The number of allylic oxidation sites excluding steroid dienone is 1. The molecule has 1 aromatic rings. The van der Waals surface area contributed by atoms with Gasteiger partial charge in [0.25, 0.3) is 0 Å². The van der Waals surface area contributed by atoms with Crippen molar-refractivity contribution >= 4 is 5.57 Å². The van der Waals surface area contributed by atoms with Crippen LogP contribution in [-0.2, 0) is 6.54 Å². The van der Waals surface area contributed by atoms with Crippen molar-refractivity contribution in [3.05, 3.63) is 35.7 Å². The molecule has 0 saturated heterocycles. The molecule has 0 amide bonds. The highest BCUT2D eigenvalue weighted by molar-refractivity contribution is 5.66. The van der Waals surface area contributed by atoms with E-state index in [-0.39, 0.29) is 0 Å². The summed E-state index contributed by atoms with van der Waals surface area (Å²) in [5.74, 6) is 0. The molecule has 2 heteroatoms. The van der Waals surface area contributed by atoms with Gasteiger partial charge in [0.1, 0.15) is 0 Å². The van der Waals surface area contributed by atoms with Crippen LogP contribution in [0.15, 0.2) is 24.5 Å². The van der Waals surface area contributed by atoms with Gasteiger partial charge in [-0.3, -0.25) is 4.98 Å². The third kappa shape index (κ3) is 1.25. The summed E-state index contributed by atoms with van der Waals surface area (Å²) in [7, 11) is 0. The molecule has 1 aliphatic heterocycles. The molecule has 12 heavy (non-hydrogen) atoms. The van der Waals surface area contributed by atoms with Crippen LogP contribution in [-0.4, -0.2) is 11.5 Å². The van der Waals surface area contributed by atoms with Gasteiger partial charge in [-0.25, -0.2) is 0 Å². The Kier molecular flexibility index (Phi) is 1.92. The van der Waals surface area contributed by atoms with E-state index >= 15 is 0 Å². The van der Waals surface area contributed by atoms with Gasteiger partial charge in [0.15, 0.2) is 0 Å². The number of aromatic nitrogens is 1. The number of fused-ring (bicyclic) bond motifs is 1. The highest BCUT2D eigenvalue weighted by Crippen LogP contribution is 2.18. The summed E-state index contributed by atoms with van der Waals surface area (Å²) < 4.78 is 0. The Labute approximate surface area is 72.3 Å². The van der Waals surface area contributed by atoms with Gasteiger partial charge in [-0.1, -0.05) is 6.08 Å². The molecule has 0 atom stereocenters. The average Bonchev–Trinajstić information content (AvgIpc) is 2.29. The van der Waals surface area contributed by atoms with Crippen molar-refractivity contribution in [2.24, 2.45) is 0 Å². The minimum absolute atomic E-state index is 0.950. The Balaban J connectivity index is 2.51. The quantitative estimate of drug-likeness (QED) is 0.623. The second kappa shape index (κ2) is 3.07. The summed E-state index contributed by atoms with van der Waals surface area (Å²) in [6, 6.07) is 2.07. The number of rotatable bonds is 0. The Morgan fingerprint density at radius 3 is 3.33 bits per heavy atom. The molecule has 0 fully saturated rings. The largest absolute Gasteiger partial charge is 0.309 e. The fourth-order valence-corrected chi connectivity index (χ4v) is 1.47. The zero-order valence-corrected chi connectivity index (χ0v) is 7.17. The van der Waals surface area contributed by atoms with Crippen LogP contribution in [0.5, 0.6) is 0 Å². The lowest BCUT2D eigenvalue weighted by molar-refractivity contribution is 0.765. The predicted octanol–water partition coefficient (Wildman–Crippen LogP) is 1.59. The van der Waals surface area contributed by atoms with Gasteiger partial charge < -0.3 is 5.32 Å². The molecule has 2 nitrogen and oxygen atoms in total. The van der Waals surface area contributed by atoms with Crippen LogP contribution in [0.25, 0.3) is 5.57 Å². The first-order chi connectivity index (χ1) is 5.88. The number of pyridine rings is 1. The normalized spacial score (nSPS) is 16.2. The SMILES string of the molecule is CC1=CCNCc2ccncc21. The number of hydrogen-bond acceptors (Lipinski definition) is 2. The first kappa shape index (κ1) is 7.50. The zero-order chi connectivity index (χ0) is 8.39. The van der Waals surface area contributed by atoms with E-state index in [4.69, 9.17) is 0 Å². The van der Waals surface area contributed by atoms with E-state index < -0.39 is 0 Å².